The Bertz CT molecular complexity index is 1210. The van der Waals surface area contributed by atoms with Gasteiger partial charge < -0.3 is 21.3 Å². The van der Waals surface area contributed by atoms with Crippen molar-refractivity contribution in [3.05, 3.63) is 88.9 Å². The predicted octanol–water partition coefficient (Wildman–Crippen LogP) is 4.97. The molecule has 33 heavy (non-hydrogen) atoms. The maximum atomic E-state index is 13.0. The van der Waals surface area contributed by atoms with E-state index in [4.69, 9.17) is 17.3 Å². The van der Waals surface area contributed by atoms with Crippen molar-refractivity contribution in [1.82, 2.24) is 0 Å². The molecule has 1 aliphatic rings. The second kappa shape index (κ2) is 9.90. The Hall–Kier alpha value is -3.61. The van der Waals surface area contributed by atoms with Gasteiger partial charge in [0.1, 0.15) is 0 Å². The summed E-state index contributed by atoms with van der Waals surface area (Å²) in [7, 11) is 0. The number of benzene rings is 3. The average Bonchev–Trinajstić information content (AvgIpc) is 3.13. The lowest BCUT2D eigenvalue weighted by Crippen LogP contribution is -2.30. The molecule has 0 spiro atoms. The van der Waals surface area contributed by atoms with E-state index in [0.717, 1.165) is 28.9 Å². The number of anilines is 3. The molecule has 0 bridgehead atoms. The quantitative estimate of drug-likeness (QED) is 0.434. The molecule has 0 aliphatic carbocycles. The van der Waals surface area contributed by atoms with Gasteiger partial charge in [-0.3, -0.25) is 9.59 Å². The topological polar surface area (TPSA) is 87.5 Å². The summed E-state index contributed by atoms with van der Waals surface area (Å²) in [6.07, 6.45) is 0.725. The van der Waals surface area contributed by atoms with Crippen LogP contribution >= 0.6 is 11.6 Å². The summed E-state index contributed by atoms with van der Waals surface area (Å²) in [6, 6.07) is 22.6. The number of fused-ring (bicyclic) bond motifs is 1. The van der Waals surface area contributed by atoms with Gasteiger partial charge in [-0.1, -0.05) is 48.0 Å². The summed E-state index contributed by atoms with van der Waals surface area (Å²) in [5, 5.41) is 6.89. The Morgan fingerprint density at radius 1 is 1.06 bits per heavy atom. The first-order chi connectivity index (χ1) is 16.0. The van der Waals surface area contributed by atoms with Crippen LogP contribution < -0.4 is 21.3 Å². The number of amides is 2. The Labute approximate surface area is 198 Å². The largest absolute Gasteiger partial charge is 0.354 e. The molecule has 0 radical (unpaired) electrons. The third-order valence-electron chi connectivity index (χ3n) is 5.45. The van der Waals surface area contributed by atoms with Crippen LogP contribution in [0.3, 0.4) is 0 Å². The third kappa shape index (κ3) is 4.92. The molecule has 1 aliphatic heterocycles. The van der Waals surface area contributed by atoms with E-state index in [9.17, 15) is 9.59 Å². The molecule has 0 saturated carbocycles. The van der Waals surface area contributed by atoms with Gasteiger partial charge in [-0.2, -0.15) is 0 Å². The first kappa shape index (κ1) is 22.6. The second-order valence-corrected chi connectivity index (χ2v) is 8.18. The monoisotopic (exact) mass is 460 g/mol. The Kier molecular flexibility index (Phi) is 6.77. The minimum Gasteiger partial charge on any atom is -0.354 e. The Balaban J connectivity index is 1.72. The van der Waals surface area contributed by atoms with Crippen LogP contribution in [0.2, 0.25) is 5.02 Å². The molecule has 6 nitrogen and oxygen atoms in total. The fourth-order valence-electron chi connectivity index (χ4n) is 3.86. The molecule has 168 valence electrons. The first-order valence-electron chi connectivity index (χ1n) is 10.7. The minimum atomic E-state index is -0.195. The van der Waals surface area contributed by atoms with Crippen molar-refractivity contribution in [3.8, 4) is 0 Å². The van der Waals surface area contributed by atoms with Crippen LogP contribution in [0, 0.1) is 0 Å². The first-order valence-corrected chi connectivity index (χ1v) is 11.1. The standard InChI is InChI=1S/C26H25ClN4O2/c1-17(32)31(15-5-14-28)21-11-9-20(10-12-21)29-25(18-6-3-2-4-7-18)24-22-13-8-19(27)16-23(22)30-26(24)33/h2-4,6-13,16,29H,5,14-15,28H2,1H3,(H,30,33). The van der Waals surface area contributed by atoms with Gasteiger partial charge in [0.05, 0.1) is 17.0 Å². The van der Waals surface area contributed by atoms with Gasteiger partial charge in [0, 0.05) is 35.4 Å². The van der Waals surface area contributed by atoms with Gasteiger partial charge in [-0.15, -0.1) is 0 Å². The van der Waals surface area contributed by atoms with Crippen molar-refractivity contribution in [2.24, 2.45) is 5.73 Å². The van der Waals surface area contributed by atoms with E-state index in [1.165, 1.54) is 0 Å². The molecule has 3 aromatic carbocycles. The number of carbonyl (C=O) groups excluding carboxylic acids is 2. The predicted molar refractivity (Wildman–Crippen MR) is 135 cm³/mol. The summed E-state index contributed by atoms with van der Waals surface area (Å²) in [4.78, 5) is 26.7. The van der Waals surface area contributed by atoms with Gasteiger partial charge in [-0.05, 0) is 54.9 Å². The summed E-state index contributed by atoms with van der Waals surface area (Å²) in [5.41, 5.74) is 10.8. The molecular weight excluding hydrogens is 436 g/mol. The number of hydrogen-bond acceptors (Lipinski definition) is 4. The zero-order chi connectivity index (χ0) is 23.4. The lowest BCUT2D eigenvalue weighted by Gasteiger charge is -2.21. The molecule has 0 aromatic heterocycles. The molecule has 2 amide bonds. The fourth-order valence-corrected chi connectivity index (χ4v) is 4.04. The molecule has 0 unspecified atom stereocenters. The van der Waals surface area contributed by atoms with E-state index in [-0.39, 0.29) is 11.8 Å². The molecular formula is C26H25ClN4O2. The minimum absolute atomic E-state index is 0.0332. The van der Waals surface area contributed by atoms with Crippen LogP contribution in [-0.4, -0.2) is 24.9 Å². The highest BCUT2D eigenvalue weighted by Gasteiger charge is 2.28. The van der Waals surface area contributed by atoms with Crippen LogP contribution in [0.5, 0.6) is 0 Å². The van der Waals surface area contributed by atoms with Gasteiger partial charge in [0.2, 0.25) is 5.91 Å². The third-order valence-corrected chi connectivity index (χ3v) is 5.69. The van der Waals surface area contributed by atoms with Crippen molar-refractivity contribution in [2.75, 3.05) is 28.6 Å². The highest BCUT2D eigenvalue weighted by atomic mass is 35.5. The summed E-state index contributed by atoms with van der Waals surface area (Å²) in [6.45, 7) is 2.63. The van der Waals surface area contributed by atoms with Crippen LogP contribution in [0.25, 0.3) is 11.3 Å². The van der Waals surface area contributed by atoms with Gasteiger partial charge in [-0.25, -0.2) is 0 Å². The fraction of sp³-hybridized carbons (Fsp3) is 0.154. The molecule has 7 heteroatoms. The molecule has 1 heterocycles. The molecule has 4 N–H and O–H groups in total. The van der Waals surface area contributed by atoms with Crippen molar-refractivity contribution in [2.45, 2.75) is 13.3 Å². The van der Waals surface area contributed by atoms with E-state index in [0.29, 0.717) is 35.1 Å². The number of nitrogens with two attached hydrogens (primary N) is 1. The number of nitrogens with one attached hydrogen (secondary N) is 2. The second-order valence-electron chi connectivity index (χ2n) is 7.74. The molecule has 0 atom stereocenters. The summed E-state index contributed by atoms with van der Waals surface area (Å²) in [5.74, 6) is -0.228. The average molecular weight is 461 g/mol. The lowest BCUT2D eigenvalue weighted by atomic mass is 10.00. The van der Waals surface area contributed by atoms with Gasteiger partial charge >= 0.3 is 0 Å². The molecule has 0 saturated heterocycles. The van der Waals surface area contributed by atoms with Crippen molar-refractivity contribution in [1.29, 1.82) is 0 Å². The summed E-state index contributed by atoms with van der Waals surface area (Å²) >= 11 is 6.12. The van der Waals surface area contributed by atoms with E-state index < -0.39 is 0 Å². The van der Waals surface area contributed by atoms with Crippen molar-refractivity contribution < 1.29 is 9.59 Å². The van der Waals surface area contributed by atoms with Crippen molar-refractivity contribution >= 4 is 51.7 Å². The van der Waals surface area contributed by atoms with Crippen LogP contribution in [-0.2, 0) is 9.59 Å². The van der Waals surface area contributed by atoms with E-state index >= 15 is 0 Å². The number of rotatable bonds is 7. The van der Waals surface area contributed by atoms with Crippen molar-refractivity contribution in [3.63, 3.8) is 0 Å². The Morgan fingerprint density at radius 3 is 2.45 bits per heavy atom. The van der Waals surface area contributed by atoms with Gasteiger partial charge in [0.25, 0.3) is 5.91 Å². The molecule has 4 rings (SSSR count). The Morgan fingerprint density at radius 2 is 1.79 bits per heavy atom. The number of halogens is 1. The van der Waals surface area contributed by atoms with Gasteiger partial charge in [0.15, 0.2) is 0 Å². The number of nitrogens with zero attached hydrogens (tertiary/aromatic N) is 1. The lowest BCUT2D eigenvalue weighted by molar-refractivity contribution is -0.116. The van der Waals surface area contributed by atoms with Crippen LogP contribution in [0.15, 0.2) is 72.8 Å². The summed E-state index contributed by atoms with van der Waals surface area (Å²) < 4.78 is 0. The molecule has 0 fully saturated rings. The normalized spacial score (nSPS) is 13.8. The maximum absolute atomic E-state index is 13.0. The number of carbonyl (C=O) groups is 2. The number of hydrogen-bond donors (Lipinski definition) is 3. The smallest absolute Gasteiger partial charge is 0.258 e. The highest BCUT2D eigenvalue weighted by Crippen LogP contribution is 2.38. The van der Waals surface area contributed by atoms with Crippen LogP contribution in [0.4, 0.5) is 17.1 Å². The zero-order valence-electron chi connectivity index (χ0n) is 18.3. The highest BCUT2D eigenvalue weighted by molar-refractivity contribution is 6.38. The molecule has 3 aromatic rings. The van der Waals surface area contributed by atoms with E-state index in [1.54, 1.807) is 24.0 Å². The van der Waals surface area contributed by atoms with E-state index in [2.05, 4.69) is 10.6 Å². The van der Waals surface area contributed by atoms with E-state index in [1.807, 2.05) is 60.7 Å². The SMILES string of the molecule is CC(=O)N(CCCN)c1ccc(NC(=C2C(=O)Nc3cc(Cl)ccc32)c2ccccc2)cc1. The maximum Gasteiger partial charge on any atom is 0.258 e. The van der Waals surface area contributed by atoms with Crippen LogP contribution in [0.1, 0.15) is 24.5 Å². The zero-order valence-corrected chi connectivity index (χ0v) is 19.0.